The summed E-state index contributed by atoms with van der Waals surface area (Å²) in [6.07, 6.45) is 1.24. The number of benzene rings is 1. The van der Waals surface area contributed by atoms with Crippen molar-refractivity contribution in [2.24, 2.45) is 11.7 Å². The third kappa shape index (κ3) is 1.97. The molecule has 3 nitrogen and oxygen atoms in total. The second-order valence-electron chi connectivity index (χ2n) is 4.16. The van der Waals surface area contributed by atoms with Gasteiger partial charge in [-0.05, 0) is 5.56 Å². The van der Waals surface area contributed by atoms with Crippen molar-refractivity contribution in [1.82, 2.24) is 0 Å². The number of sulfone groups is 1. The highest BCUT2D eigenvalue weighted by molar-refractivity contribution is 7.91. The molecule has 1 aliphatic carbocycles. The van der Waals surface area contributed by atoms with Crippen molar-refractivity contribution in [2.75, 3.05) is 6.26 Å². The minimum Gasteiger partial charge on any atom is -0.393 e. The summed E-state index contributed by atoms with van der Waals surface area (Å²) < 4.78 is 23.2. The van der Waals surface area contributed by atoms with Crippen molar-refractivity contribution in [3.8, 4) is 0 Å². The molecule has 0 heterocycles. The summed E-state index contributed by atoms with van der Waals surface area (Å²) in [5.74, 6) is -0.263. The summed E-state index contributed by atoms with van der Waals surface area (Å²) in [7, 11) is -3.09. The van der Waals surface area contributed by atoms with E-state index >= 15 is 0 Å². The molecule has 1 aromatic carbocycles. The van der Waals surface area contributed by atoms with Gasteiger partial charge < -0.3 is 5.73 Å². The molecule has 0 spiro atoms. The Bertz CT molecular complexity index is 510. The van der Waals surface area contributed by atoms with Crippen LogP contribution < -0.4 is 5.73 Å². The molecule has 1 fully saturated rings. The summed E-state index contributed by atoms with van der Waals surface area (Å²) in [5.41, 5.74) is 6.58. The molecular weight excluding hydrogens is 242 g/mol. The first-order valence-electron chi connectivity index (χ1n) is 4.96. The lowest BCUT2D eigenvalue weighted by Crippen LogP contribution is -2.16. The monoisotopic (exact) mass is 255 g/mol. The van der Waals surface area contributed by atoms with E-state index in [1.807, 2.05) is 30.3 Å². The lowest BCUT2D eigenvalue weighted by atomic mass is 10.1. The van der Waals surface area contributed by atoms with Gasteiger partial charge in [-0.3, -0.25) is 0 Å². The van der Waals surface area contributed by atoms with Crippen molar-refractivity contribution in [2.45, 2.75) is 11.2 Å². The lowest BCUT2D eigenvalue weighted by molar-refractivity contribution is 0.599. The third-order valence-electron chi connectivity index (χ3n) is 2.96. The predicted octanol–water partition coefficient (Wildman–Crippen LogP) is 1.10. The number of thiocarbonyl (C=S) groups is 1. The Hall–Kier alpha value is -0.940. The van der Waals surface area contributed by atoms with E-state index in [1.165, 1.54) is 6.26 Å². The predicted molar refractivity (Wildman–Crippen MR) is 68.1 cm³/mol. The Morgan fingerprint density at radius 3 is 2.25 bits per heavy atom. The highest BCUT2D eigenvalue weighted by Crippen LogP contribution is 2.52. The van der Waals surface area contributed by atoms with Gasteiger partial charge in [0.25, 0.3) is 0 Å². The van der Waals surface area contributed by atoms with E-state index in [2.05, 4.69) is 0 Å². The van der Waals surface area contributed by atoms with Crippen LogP contribution in [0.4, 0.5) is 0 Å². The maximum Gasteiger partial charge on any atom is 0.151 e. The van der Waals surface area contributed by atoms with Crippen molar-refractivity contribution in [1.29, 1.82) is 0 Å². The zero-order valence-corrected chi connectivity index (χ0v) is 10.5. The van der Waals surface area contributed by atoms with Crippen LogP contribution in [-0.2, 0) is 9.84 Å². The second-order valence-corrected chi connectivity index (χ2v) is 6.83. The van der Waals surface area contributed by atoms with Gasteiger partial charge in [0.2, 0.25) is 0 Å². The quantitative estimate of drug-likeness (QED) is 0.822. The smallest absolute Gasteiger partial charge is 0.151 e. The Labute approximate surface area is 101 Å². The molecule has 3 atom stereocenters. The van der Waals surface area contributed by atoms with Gasteiger partial charge in [-0.15, -0.1) is 0 Å². The Kier molecular flexibility index (Phi) is 2.75. The molecule has 1 aromatic rings. The highest BCUT2D eigenvalue weighted by atomic mass is 32.2. The van der Waals surface area contributed by atoms with Crippen LogP contribution >= 0.6 is 12.2 Å². The molecule has 1 saturated carbocycles. The molecule has 0 unspecified atom stereocenters. The largest absolute Gasteiger partial charge is 0.393 e. The van der Waals surface area contributed by atoms with Crippen molar-refractivity contribution >= 4 is 27.0 Å². The van der Waals surface area contributed by atoms with Crippen LogP contribution in [0.5, 0.6) is 0 Å². The molecule has 0 radical (unpaired) electrons. The van der Waals surface area contributed by atoms with Crippen LogP contribution in [0.1, 0.15) is 11.5 Å². The van der Waals surface area contributed by atoms with Gasteiger partial charge in [-0.1, -0.05) is 42.5 Å². The van der Waals surface area contributed by atoms with E-state index in [9.17, 15) is 8.42 Å². The summed E-state index contributed by atoms with van der Waals surface area (Å²) in [6.45, 7) is 0. The van der Waals surface area contributed by atoms with Crippen LogP contribution in [0, 0.1) is 5.92 Å². The molecule has 1 aliphatic rings. The van der Waals surface area contributed by atoms with Crippen LogP contribution in [0.3, 0.4) is 0 Å². The average molecular weight is 255 g/mol. The van der Waals surface area contributed by atoms with Gasteiger partial charge in [-0.2, -0.15) is 0 Å². The summed E-state index contributed by atoms with van der Waals surface area (Å²) in [4.78, 5) is 0.296. The van der Waals surface area contributed by atoms with Crippen molar-refractivity contribution < 1.29 is 8.42 Å². The number of rotatable bonds is 3. The molecule has 2 N–H and O–H groups in total. The third-order valence-corrected chi connectivity index (χ3v) is 4.81. The van der Waals surface area contributed by atoms with Gasteiger partial charge in [0.1, 0.15) is 0 Å². The molecular formula is C11H13NO2S2. The van der Waals surface area contributed by atoms with Gasteiger partial charge in [0.05, 0.1) is 10.2 Å². The SMILES string of the molecule is CS(=O)(=O)[C@@H]1[C@@H](C(N)=S)[C@@H]1c1ccccc1. The Morgan fingerprint density at radius 2 is 1.88 bits per heavy atom. The zero-order valence-electron chi connectivity index (χ0n) is 8.83. The first-order valence-corrected chi connectivity index (χ1v) is 7.32. The first-order chi connectivity index (χ1) is 7.43. The Balaban J connectivity index is 2.34. The molecule has 5 heteroatoms. The molecule has 0 bridgehead atoms. The molecule has 2 rings (SSSR count). The molecule has 16 heavy (non-hydrogen) atoms. The number of hydrogen-bond acceptors (Lipinski definition) is 3. The zero-order chi connectivity index (χ0) is 11.9. The van der Waals surface area contributed by atoms with Crippen LogP contribution in [-0.4, -0.2) is 24.9 Å². The summed E-state index contributed by atoms with van der Waals surface area (Å²) in [6, 6.07) is 9.52. The molecule has 0 amide bonds. The van der Waals surface area contributed by atoms with E-state index in [0.29, 0.717) is 4.99 Å². The first kappa shape index (κ1) is 11.5. The minimum atomic E-state index is -3.09. The fourth-order valence-corrected chi connectivity index (χ4v) is 4.22. The fourth-order valence-electron chi connectivity index (χ4n) is 2.23. The average Bonchev–Trinajstić information content (AvgIpc) is 2.93. The minimum absolute atomic E-state index is 0.0614. The second kappa shape index (κ2) is 3.82. The topological polar surface area (TPSA) is 60.2 Å². The van der Waals surface area contributed by atoms with E-state index in [4.69, 9.17) is 18.0 Å². The molecule has 0 saturated heterocycles. The van der Waals surface area contributed by atoms with Gasteiger partial charge in [0.15, 0.2) is 9.84 Å². The van der Waals surface area contributed by atoms with Crippen molar-refractivity contribution in [3.05, 3.63) is 35.9 Å². The lowest BCUT2D eigenvalue weighted by Gasteiger charge is -1.97. The van der Waals surface area contributed by atoms with Gasteiger partial charge >= 0.3 is 0 Å². The fraction of sp³-hybridized carbons (Fsp3) is 0.364. The highest BCUT2D eigenvalue weighted by Gasteiger charge is 2.58. The van der Waals surface area contributed by atoms with Crippen LogP contribution in [0.25, 0.3) is 0 Å². The van der Waals surface area contributed by atoms with Gasteiger partial charge in [0, 0.05) is 18.1 Å². The molecule has 0 aliphatic heterocycles. The molecule has 86 valence electrons. The summed E-state index contributed by atoms with van der Waals surface area (Å²) in [5, 5.41) is -0.438. The van der Waals surface area contributed by atoms with Gasteiger partial charge in [-0.25, -0.2) is 8.42 Å². The maximum atomic E-state index is 11.6. The van der Waals surface area contributed by atoms with E-state index in [-0.39, 0.29) is 11.8 Å². The normalized spacial score (nSPS) is 28.7. The molecule has 0 aromatic heterocycles. The Morgan fingerprint density at radius 1 is 1.31 bits per heavy atom. The standard InChI is InChI=1S/C11H13NO2S2/c1-16(13,14)10-8(9(10)11(12)15)7-5-3-2-4-6-7/h2-6,8-10H,1H3,(H2,12,15)/t8-,9-,10-/m0/s1. The number of hydrogen-bond donors (Lipinski definition) is 1. The van der Waals surface area contributed by atoms with Crippen LogP contribution in [0.2, 0.25) is 0 Å². The number of nitrogens with two attached hydrogens (primary N) is 1. The van der Waals surface area contributed by atoms with E-state index in [1.54, 1.807) is 0 Å². The summed E-state index contributed by atoms with van der Waals surface area (Å²) >= 11 is 4.92. The van der Waals surface area contributed by atoms with E-state index < -0.39 is 15.1 Å². The van der Waals surface area contributed by atoms with E-state index in [0.717, 1.165) is 5.56 Å². The van der Waals surface area contributed by atoms with Crippen molar-refractivity contribution in [3.63, 3.8) is 0 Å². The maximum absolute atomic E-state index is 11.6. The van der Waals surface area contributed by atoms with Crippen LogP contribution in [0.15, 0.2) is 30.3 Å².